The van der Waals surface area contributed by atoms with E-state index in [0.29, 0.717) is 11.4 Å². The summed E-state index contributed by atoms with van der Waals surface area (Å²) in [6.07, 6.45) is 2.57. The van der Waals surface area contributed by atoms with Crippen molar-refractivity contribution in [2.75, 3.05) is 10.6 Å². The maximum absolute atomic E-state index is 12.2. The molecule has 2 heterocycles. The van der Waals surface area contributed by atoms with Gasteiger partial charge in [0.05, 0.1) is 28.1 Å². The molecular formula is C25H20N10O8. The molecule has 4 aromatic rings. The Kier molecular flexibility index (Phi) is 8.56. The fourth-order valence-electron chi connectivity index (χ4n) is 3.64. The summed E-state index contributed by atoms with van der Waals surface area (Å²) in [6, 6.07) is 9.03. The number of nitrogens with two attached hydrogens (primary N) is 1. The molecule has 0 radical (unpaired) electrons. The quantitative estimate of drug-likeness (QED) is 0.0541. The highest BCUT2D eigenvalue weighted by Crippen LogP contribution is 2.38. The second kappa shape index (κ2) is 12.6. The molecule has 0 aliphatic rings. The van der Waals surface area contributed by atoms with E-state index in [1.165, 1.54) is 36.8 Å². The Morgan fingerprint density at radius 1 is 1.19 bits per heavy atom. The molecule has 0 aliphatic carbocycles. The minimum absolute atomic E-state index is 0.0925. The number of benzene rings is 2. The van der Waals surface area contributed by atoms with Gasteiger partial charge in [0.2, 0.25) is 5.82 Å². The van der Waals surface area contributed by atoms with Crippen LogP contribution in [-0.4, -0.2) is 59.0 Å². The average molecular weight is 588 g/mol. The Morgan fingerprint density at radius 2 is 1.95 bits per heavy atom. The van der Waals surface area contributed by atoms with Crippen LogP contribution in [0.1, 0.15) is 21.6 Å². The molecule has 1 unspecified atom stereocenters. The van der Waals surface area contributed by atoms with Gasteiger partial charge in [-0.3, -0.25) is 15.5 Å². The van der Waals surface area contributed by atoms with Crippen molar-refractivity contribution in [1.82, 2.24) is 19.9 Å². The zero-order chi connectivity index (χ0) is 31.1. The first-order valence-electron chi connectivity index (χ1n) is 11.9. The predicted molar refractivity (Wildman–Crippen MR) is 146 cm³/mol. The number of nitro groups is 1. The smallest absolute Gasteiger partial charge is 0.373 e. The highest BCUT2D eigenvalue weighted by molar-refractivity contribution is 5.91. The predicted octanol–water partition coefficient (Wildman–Crippen LogP) is 2.68. The number of aromatic nitrogens is 4. The van der Waals surface area contributed by atoms with E-state index in [9.17, 15) is 35.2 Å². The molecular weight excluding hydrogens is 568 g/mol. The van der Waals surface area contributed by atoms with Gasteiger partial charge in [-0.05, 0) is 30.3 Å². The van der Waals surface area contributed by atoms with Crippen LogP contribution in [-0.2, 0) is 11.2 Å². The van der Waals surface area contributed by atoms with E-state index in [1.54, 1.807) is 12.1 Å². The zero-order valence-corrected chi connectivity index (χ0v) is 21.6. The van der Waals surface area contributed by atoms with Gasteiger partial charge in [0, 0.05) is 24.4 Å². The number of ether oxygens (including phenoxy) is 2. The van der Waals surface area contributed by atoms with Gasteiger partial charge in [-0.1, -0.05) is 6.07 Å². The summed E-state index contributed by atoms with van der Waals surface area (Å²) in [6.45, 7) is 0. The van der Waals surface area contributed by atoms with Gasteiger partial charge in [-0.25, -0.2) is 14.6 Å². The molecule has 0 aliphatic heterocycles. The molecule has 0 spiro atoms. The lowest BCUT2D eigenvalue weighted by atomic mass is 10.1. The number of anilines is 2. The van der Waals surface area contributed by atoms with Gasteiger partial charge in [0.1, 0.15) is 23.6 Å². The number of nitrogens with zero attached hydrogens (tertiary/aromatic N) is 5. The number of imidazole rings is 1. The lowest BCUT2D eigenvalue weighted by Gasteiger charge is -2.16. The molecule has 0 saturated carbocycles. The number of aliphatic carboxylic acids is 1. The van der Waals surface area contributed by atoms with Gasteiger partial charge in [0.25, 0.3) is 0 Å². The summed E-state index contributed by atoms with van der Waals surface area (Å²) in [7, 11) is 0. The molecule has 1 atom stereocenters. The fraction of sp³-hybridized carbons (Fsp3) is 0.0800. The van der Waals surface area contributed by atoms with Crippen LogP contribution < -0.4 is 25.8 Å². The molecule has 18 heteroatoms. The molecule has 0 saturated heterocycles. The molecule has 2 aromatic heterocycles. The van der Waals surface area contributed by atoms with Crippen molar-refractivity contribution in [3.63, 3.8) is 0 Å². The number of hydrogen-bond acceptors (Lipinski definition) is 12. The normalized spacial score (nSPS) is 11.0. The first kappa shape index (κ1) is 29.2. The monoisotopic (exact) mass is 588 g/mol. The summed E-state index contributed by atoms with van der Waals surface area (Å²) >= 11 is 0. The molecule has 0 fully saturated rings. The SMILES string of the molecule is N#Cc1ccc(Oc2nc(Oc3cccc(NC(=N)N)c3)nc(NC(Cc3c[nH]cn3)C(=O)O)c2[N+](=O)[O-])cc1C(=O)O. The summed E-state index contributed by atoms with van der Waals surface area (Å²) in [5.74, 6) is -4.68. The van der Waals surface area contributed by atoms with Gasteiger partial charge in [-0.15, -0.1) is 0 Å². The second-order valence-corrected chi connectivity index (χ2v) is 8.46. The van der Waals surface area contributed by atoms with Crippen molar-refractivity contribution in [3.8, 4) is 29.5 Å². The second-order valence-electron chi connectivity index (χ2n) is 8.46. The number of aromatic amines is 1. The third kappa shape index (κ3) is 7.25. The standard InChI is InChI=1S/C25H20N10O8/c26-9-12-4-5-16(8-17(12)22(36)37)42-21-19(35(40)41)20(32-18(23(38)39)7-14-10-29-11-30-14)33-25(34-21)43-15-3-1-2-13(6-15)31-24(27)28/h1-6,8,10-11,18H,7H2,(H,29,30)(H,36,37)(H,38,39)(H4,27,28,31)(H,32,33,34). The van der Waals surface area contributed by atoms with E-state index in [0.717, 1.165) is 12.1 Å². The third-order valence-corrected chi connectivity index (χ3v) is 5.47. The van der Waals surface area contributed by atoms with Crippen molar-refractivity contribution in [1.29, 1.82) is 10.7 Å². The Bertz CT molecular complexity index is 1750. The number of H-pyrrole nitrogens is 1. The van der Waals surface area contributed by atoms with Crippen LogP contribution in [0.5, 0.6) is 23.4 Å². The fourth-order valence-corrected chi connectivity index (χ4v) is 3.64. The van der Waals surface area contributed by atoms with E-state index in [1.807, 2.05) is 0 Å². The van der Waals surface area contributed by atoms with Gasteiger partial charge >= 0.3 is 29.5 Å². The van der Waals surface area contributed by atoms with Crippen molar-refractivity contribution in [2.24, 2.45) is 5.73 Å². The number of nitriles is 1. The summed E-state index contributed by atoms with van der Waals surface area (Å²) in [5, 5.41) is 53.1. The van der Waals surface area contributed by atoms with Crippen LogP contribution in [0.25, 0.3) is 0 Å². The minimum Gasteiger partial charge on any atom is -0.480 e. The van der Waals surface area contributed by atoms with Gasteiger partial charge < -0.3 is 41.0 Å². The van der Waals surface area contributed by atoms with Gasteiger partial charge in [-0.2, -0.15) is 15.2 Å². The number of carboxylic acids is 2. The number of nitrogens with one attached hydrogen (secondary N) is 4. The summed E-state index contributed by atoms with van der Waals surface area (Å²) in [5.41, 5.74) is 4.52. The Labute approximate surface area is 240 Å². The number of aromatic carboxylic acids is 1. The number of carbonyl (C=O) groups is 2. The Balaban J connectivity index is 1.81. The van der Waals surface area contributed by atoms with E-state index >= 15 is 0 Å². The van der Waals surface area contributed by atoms with Crippen LogP contribution in [0.3, 0.4) is 0 Å². The van der Waals surface area contributed by atoms with E-state index in [-0.39, 0.29) is 29.4 Å². The molecule has 218 valence electrons. The first-order chi connectivity index (χ1) is 20.5. The van der Waals surface area contributed by atoms with Gasteiger partial charge in [0.15, 0.2) is 5.96 Å². The highest BCUT2D eigenvalue weighted by atomic mass is 16.6. The lowest BCUT2D eigenvalue weighted by molar-refractivity contribution is -0.385. The van der Waals surface area contributed by atoms with E-state index in [4.69, 9.17) is 20.6 Å². The average Bonchev–Trinajstić information content (AvgIpc) is 3.45. The van der Waals surface area contributed by atoms with Crippen LogP contribution in [0.4, 0.5) is 17.2 Å². The van der Waals surface area contributed by atoms with Crippen molar-refractivity contribution < 1.29 is 34.2 Å². The van der Waals surface area contributed by atoms with E-state index in [2.05, 4.69) is 30.6 Å². The maximum Gasteiger partial charge on any atom is 0.373 e. The molecule has 2 aromatic carbocycles. The first-order valence-corrected chi connectivity index (χ1v) is 11.9. The van der Waals surface area contributed by atoms with Crippen LogP contribution in [0.15, 0.2) is 55.0 Å². The zero-order valence-electron chi connectivity index (χ0n) is 21.6. The number of rotatable bonds is 12. The maximum atomic E-state index is 12.2. The molecule has 8 N–H and O–H groups in total. The number of hydrogen-bond donors (Lipinski definition) is 7. The summed E-state index contributed by atoms with van der Waals surface area (Å²) in [4.78, 5) is 49.6. The van der Waals surface area contributed by atoms with Crippen molar-refractivity contribution in [3.05, 3.63) is 81.9 Å². The topological polar surface area (TPSA) is 288 Å². The van der Waals surface area contributed by atoms with Crippen molar-refractivity contribution >= 4 is 35.1 Å². The molecule has 4 rings (SSSR count). The molecule has 0 amide bonds. The molecule has 0 bridgehead atoms. The van der Waals surface area contributed by atoms with Crippen molar-refractivity contribution in [2.45, 2.75) is 12.5 Å². The number of carboxylic acid groups (broad SMARTS) is 2. The molecule has 18 nitrogen and oxygen atoms in total. The third-order valence-electron chi connectivity index (χ3n) is 5.47. The number of guanidine groups is 1. The highest BCUT2D eigenvalue weighted by Gasteiger charge is 2.32. The Morgan fingerprint density at radius 3 is 2.58 bits per heavy atom. The molecule has 43 heavy (non-hydrogen) atoms. The lowest BCUT2D eigenvalue weighted by Crippen LogP contribution is -2.32. The van der Waals surface area contributed by atoms with Crippen LogP contribution in [0, 0.1) is 26.9 Å². The minimum atomic E-state index is -1.46. The summed E-state index contributed by atoms with van der Waals surface area (Å²) < 4.78 is 11.3. The van der Waals surface area contributed by atoms with E-state index < -0.39 is 51.9 Å². The largest absolute Gasteiger partial charge is 0.480 e. The Hall–Kier alpha value is -6.77. The van der Waals surface area contributed by atoms with Crippen LogP contribution >= 0.6 is 0 Å². The van der Waals surface area contributed by atoms with Crippen LogP contribution in [0.2, 0.25) is 0 Å².